The highest BCUT2D eigenvalue weighted by Crippen LogP contribution is 2.23. The molecule has 21 heavy (non-hydrogen) atoms. The molecule has 2 amide bonds. The number of anilines is 1. The molecule has 0 spiro atoms. The maximum atomic E-state index is 11.9. The second-order valence-corrected chi connectivity index (χ2v) is 6.44. The maximum absolute atomic E-state index is 11.9. The van der Waals surface area contributed by atoms with E-state index in [2.05, 4.69) is 15.6 Å². The molecule has 0 saturated carbocycles. The monoisotopic (exact) mass is 325 g/mol. The van der Waals surface area contributed by atoms with E-state index in [1.54, 1.807) is 17.5 Å². The average molecular weight is 325 g/mol. The molecule has 0 aliphatic carbocycles. The average Bonchev–Trinajstić information content (AvgIpc) is 3.05. The smallest absolute Gasteiger partial charge is 0.331 e. The molecule has 0 bridgehead atoms. The van der Waals surface area contributed by atoms with Gasteiger partial charge in [-0.3, -0.25) is 5.32 Å². The minimum Gasteiger partial charge on any atom is -0.479 e. The Kier molecular flexibility index (Phi) is 4.92. The molecule has 112 valence electrons. The Hall–Kier alpha value is -1.93. The number of hydrogen-bond donors (Lipinski definition) is 3. The summed E-state index contributed by atoms with van der Waals surface area (Å²) >= 11 is 2.65. The Morgan fingerprint density at radius 3 is 2.76 bits per heavy atom. The van der Waals surface area contributed by atoms with E-state index in [1.807, 2.05) is 13.8 Å². The van der Waals surface area contributed by atoms with Crippen LogP contribution < -0.4 is 10.6 Å². The van der Waals surface area contributed by atoms with Crippen molar-refractivity contribution in [1.82, 2.24) is 10.3 Å². The molecule has 0 saturated heterocycles. The van der Waals surface area contributed by atoms with Gasteiger partial charge in [0.2, 0.25) is 0 Å². The number of rotatable bonds is 5. The van der Waals surface area contributed by atoms with Gasteiger partial charge in [-0.1, -0.05) is 13.0 Å². The van der Waals surface area contributed by atoms with Crippen LogP contribution in [0.2, 0.25) is 0 Å². The molecule has 6 nitrogen and oxygen atoms in total. The summed E-state index contributed by atoms with van der Waals surface area (Å²) < 4.78 is 0. The normalized spacial score (nSPS) is 11.9. The van der Waals surface area contributed by atoms with E-state index >= 15 is 0 Å². The maximum Gasteiger partial charge on any atom is 0.331 e. The Balaban J connectivity index is 2.04. The first-order chi connectivity index (χ1) is 10.0. The molecule has 0 aromatic carbocycles. The van der Waals surface area contributed by atoms with Gasteiger partial charge in [0.25, 0.3) is 0 Å². The van der Waals surface area contributed by atoms with Gasteiger partial charge in [-0.15, -0.1) is 22.7 Å². The molecule has 2 rings (SSSR count). The van der Waals surface area contributed by atoms with E-state index in [1.165, 1.54) is 22.7 Å². The molecule has 1 unspecified atom stereocenters. The fourth-order valence-electron chi connectivity index (χ4n) is 1.78. The van der Waals surface area contributed by atoms with Crippen LogP contribution in [-0.4, -0.2) is 22.1 Å². The number of thiazole rings is 1. The van der Waals surface area contributed by atoms with E-state index in [-0.39, 0.29) is 0 Å². The first kappa shape index (κ1) is 15.5. The van der Waals surface area contributed by atoms with Crippen LogP contribution in [0.4, 0.5) is 9.93 Å². The summed E-state index contributed by atoms with van der Waals surface area (Å²) in [7, 11) is 0. The minimum absolute atomic E-state index is 0.470. The standard InChI is InChI=1S/C13H15N3O3S2/c1-3-8-7(2)21-13(14-8)16-12(19)15-10(11(17)18)9-5-4-6-20-9/h4-6,10H,3H2,1-2H3,(H,17,18)(H2,14,15,16,19). The molecule has 0 radical (unpaired) electrons. The van der Waals surface area contributed by atoms with Crippen molar-refractivity contribution in [2.24, 2.45) is 0 Å². The largest absolute Gasteiger partial charge is 0.479 e. The lowest BCUT2D eigenvalue weighted by molar-refractivity contribution is -0.139. The molecule has 2 aromatic rings. The lowest BCUT2D eigenvalue weighted by Gasteiger charge is -2.12. The topological polar surface area (TPSA) is 91.3 Å². The first-order valence-corrected chi connectivity index (χ1v) is 8.01. The van der Waals surface area contributed by atoms with Crippen LogP contribution in [-0.2, 0) is 11.2 Å². The zero-order valence-electron chi connectivity index (χ0n) is 11.5. The Labute approximate surface area is 129 Å². The number of carboxylic acid groups (broad SMARTS) is 1. The third-order valence-corrected chi connectivity index (χ3v) is 4.66. The molecule has 0 aliphatic heterocycles. The zero-order valence-corrected chi connectivity index (χ0v) is 13.2. The summed E-state index contributed by atoms with van der Waals surface area (Å²) in [5.41, 5.74) is 0.934. The lowest BCUT2D eigenvalue weighted by atomic mass is 10.2. The molecule has 3 N–H and O–H groups in total. The van der Waals surface area contributed by atoms with Crippen molar-refractivity contribution < 1.29 is 14.7 Å². The molecule has 2 heterocycles. The predicted octanol–water partition coefficient (Wildman–Crippen LogP) is 3.02. The number of aliphatic carboxylic acids is 1. The van der Waals surface area contributed by atoms with Crippen molar-refractivity contribution in [3.63, 3.8) is 0 Å². The van der Waals surface area contributed by atoms with Gasteiger partial charge < -0.3 is 10.4 Å². The molecular formula is C13H15N3O3S2. The molecule has 0 fully saturated rings. The third kappa shape index (κ3) is 3.79. The SMILES string of the molecule is CCc1nc(NC(=O)NC(C(=O)O)c2cccs2)sc1C. The number of hydrogen-bond acceptors (Lipinski definition) is 5. The summed E-state index contributed by atoms with van der Waals surface area (Å²) in [6, 6.07) is 1.78. The second kappa shape index (κ2) is 6.68. The quantitative estimate of drug-likeness (QED) is 0.788. The highest BCUT2D eigenvalue weighted by Gasteiger charge is 2.23. The first-order valence-electron chi connectivity index (χ1n) is 6.31. The summed E-state index contributed by atoms with van der Waals surface area (Å²) in [6.07, 6.45) is 0.790. The molecule has 0 aliphatic rings. The van der Waals surface area contributed by atoms with Crippen molar-refractivity contribution in [1.29, 1.82) is 0 Å². The summed E-state index contributed by atoms with van der Waals surface area (Å²) in [4.78, 5) is 29.1. The Morgan fingerprint density at radius 1 is 1.48 bits per heavy atom. The van der Waals surface area contributed by atoms with Gasteiger partial charge in [0.15, 0.2) is 11.2 Å². The number of amides is 2. The Morgan fingerprint density at radius 2 is 2.24 bits per heavy atom. The van der Waals surface area contributed by atoms with Crippen LogP contribution in [0.5, 0.6) is 0 Å². The number of carbonyl (C=O) groups excluding carboxylic acids is 1. The van der Waals surface area contributed by atoms with Crippen molar-refractivity contribution >= 4 is 39.8 Å². The fraction of sp³-hybridized carbons (Fsp3) is 0.308. The summed E-state index contributed by atoms with van der Waals surface area (Å²) in [5.74, 6) is -1.10. The van der Waals surface area contributed by atoms with E-state index in [4.69, 9.17) is 0 Å². The van der Waals surface area contributed by atoms with Gasteiger partial charge in [-0.2, -0.15) is 0 Å². The third-order valence-electron chi connectivity index (χ3n) is 2.80. The molecule has 2 aromatic heterocycles. The van der Waals surface area contributed by atoms with E-state index in [9.17, 15) is 14.7 Å². The molecule has 1 atom stereocenters. The van der Waals surface area contributed by atoms with Gasteiger partial charge in [0.05, 0.1) is 5.69 Å². The van der Waals surface area contributed by atoms with Gasteiger partial charge in [-0.25, -0.2) is 14.6 Å². The number of aryl methyl sites for hydroxylation is 2. The number of thiophene rings is 1. The summed E-state index contributed by atoms with van der Waals surface area (Å²) in [6.45, 7) is 3.93. The van der Waals surface area contributed by atoms with Crippen molar-refractivity contribution in [2.75, 3.05) is 5.32 Å². The van der Waals surface area contributed by atoms with Crippen LogP contribution in [0.3, 0.4) is 0 Å². The fourth-order valence-corrected chi connectivity index (χ4v) is 3.45. The predicted molar refractivity (Wildman–Crippen MR) is 83.1 cm³/mol. The van der Waals surface area contributed by atoms with Gasteiger partial charge >= 0.3 is 12.0 Å². The second-order valence-electron chi connectivity index (χ2n) is 4.26. The Bertz CT molecular complexity index is 637. The van der Waals surface area contributed by atoms with E-state index in [0.29, 0.717) is 10.0 Å². The van der Waals surface area contributed by atoms with Crippen LogP contribution in [0.25, 0.3) is 0 Å². The molecule has 8 heteroatoms. The van der Waals surface area contributed by atoms with Gasteiger partial charge in [-0.05, 0) is 24.8 Å². The molecular weight excluding hydrogens is 310 g/mol. The van der Waals surface area contributed by atoms with Gasteiger partial charge in [0.1, 0.15) is 0 Å². The number of carboxylic acids is 1. The highest BCUT2D eigenvalue weighted by molar-refractivity contribution is 7.15. The minimum atomic E-state index is -1.10. The van der Waals surface area contributed by atoms with Crippen LogP contribution in [0.1, 0.15) is 28.4 Å². The number of nitrogens with zero attached hydrogens (tertiary/aromatic N) is 1. The number of urea groups is 1. The van der Waals surface area contributed by atoms with Crippen LogP contribution in [0.15, 0.2) is 17.5 Å². The number of carbonyl (C=O) groups is 2. The van der Waals surface area contributed by atoms with Gasteiger partial charge in [0, 0.05) is 9.75 Å². The zero-order chi connectivity index (χ0) is 15.4. The summed E-state index contributed by atoms with van der Waals surface area (Å²) in [5, 5.41) is 16.5. The number of nitrogens with one attached hydrogen (secondary N) is 2. The number of aromatic nitrogens is 1. The van der Waals surface area contributed by atoms with E-state index in [0.717, 1.165) is 17.0 Å². The van der Waals surface area contributed by atoms with Crippen LogP contribution in [0, 0.1) is 6.92 Å². The van der Waals surface area contributed by atoms with E-state index < -0.39 is 18.0 Å². The highest BCUT2D eigenvalue weighted by atomic mass is 32.1. The van der Waals surface area contributed by atoms with Crippen LogP contribution >= 0.6 is 22.7 Å². The van der Waals surface area contributed by atoms with Crippen molar-refractivity contribution in [2.45, 2.75) is 26.3 Å². The van der Waals surface area contributed by atoms with Crippen molar-refractivity contribution in [3.8, 4) is 0 Å². The lowest BCUT2D eigenvalue weighted by Crippen LogP contribution is -2.36. The van der Waals surface area contributed by atoms with Crippen molar-refractivity contribution in [3.05, 3.63) is 33.0 Å².